The molecule has 10 aromatic carbocycles. The van der Waals surface area contributed by atoms with Gasteiger partial charge in [-0.15, -0.1) is 0 Å². The maximum Gasteiger partial charge on any atom is 0.164 e. The lowest BCUT2D eigenvalue weighted by Crippen LogP contribution is -2.01. The fourth-order valence-electron chi connectivity index (χ4n) is 10.3. The van der Waals surface area contributed by atoms with E-state index in [1.54, 1.807) is 0 Å². The molecule has 0 N–H and O–H groups in total. The summed E-state index contributed by atoms with van der Waals surface area (Å²) in [5.41, 5.74) is 14.3. The van der Waals surface area contributed by atoms with Crippen LogP contribution < -0.4 is 0 Å². The fraction of sp³-hybridized carbons (Fsp3) is 0. The van der Waals surface area contributed by atoms with Gasteiger partial charge in [0.2, 0.25) is 0 Å². The van der Waals surface area contributed by atoms with E-state index in [0.29, 0.717) is 34.9 Å². The Kier molecular flexibility index (Phi) is 10.3. The summed E-state index contributed by atoms with van der Waals surface area (Å²) in [7, 11) is 0. The van der Waals surface area contributed by atoms with Gasteiger partial charge in [-0.2, -0.15) is 0 Å². The Balaban J connectivity index is 0.876. The van der Waals surface area contributed by atoms with E-state index >= 15 is 0 Å². The SMILES string of the molecule is c1ccc(-c2nc(-c3ccccc3)nc(-c3cccc(-n4c5ccccc5c5cc(-c6ccc7c8ccccc8n(-c8cccc(-c9nc(-c%10ccccc%10)nc(-c%10ccccc%10)n9)c8)c7c6)ccc54)c3)n2)cc1. The van der Waals surface area contributed by atoms with Gasteiger partial charge in [0.15, 0.2) is 34.9 Å². The smallest absolute Gasteiger partial charge is 0.164 e. The van der Waals surface area contributed by atoms with Gasteiger partial charge in [0.25, 0.3) is 0 Å². The van der Waals surface area contributed by atoms with Crippen molar-refractivity contribution in [3.8, 4) is 90.8 Å². The van der Waals surface area contributed by atoms with Gasteiger partial charge in [-0.1, -0.05) is 200 Å². The van der Waals surface area contributed by atoms with Crippen molar-refractivity contribution in [3.05, 3.63) is 255 Å². The lowest BCUT2D eigenvalue weighted by atomic mass is 10.0. The maximum absolute atomic E-state index is 5.07. The van der Waals surface area contributed by atoms with Crippen molar-refractivity contribution in [3.63, 3.8) is 0 Å². The lowest BCUT2D eigenvalue weighted by Gasteiger charge is -2.12. The zero-order valence-corrected chi connectivity index (χ0v) is 39.8. The van der Waals surface area contributed by atoms with Gasteiger partial charge in [-0.25, -0.2) is 29.9 Å². The number of hydrogen-bond donors (Lipinski definition) is 0. The third-order valence-corrected chi connectivity index (χ3v) is 13.8. The van der Waals surface area contributed by atoms with Crippen LogP contribution in [0, 0.1) is 0 Å². The van der Waals surface area contributed by atoms with Crippen molar-refractivity contribution >= 4 is 43.6 Å². The summed E-state index contributed by atoms with van der Waals surface area (Å²) in [6.45, 7) is 0. The summed E-state index contributed by atoms with van der Waals surface area (Å²) in [5, 5.41) is 4.69. The number of para-hydroxylation sites is 2. The first-order chi connectivity index (χ1) is 36.7. The van der Waals surface area contributed by atoms with Crippen molar-refractivity contribution in [1.29, 1.82) is 0 Å². The Labute approximate surface area is 426 Å². The molecule has 346 valence electrons. The zero-order valence-electron chi connectivity index (χ0n) is 39.8. The van der Waals surface area contributed by atoms with Gasteiger partial charge < -0.3 is 9.13 Å². The number of benzene rings is 10. The number of rotatable bonds is 9. The van der Waals surface area contributed by atoms with Gasteiger partial charge in [-0.05, 0) is 65.7 Å². The number of aromatic nitrogens is 8. The van der Waals surface area contributed by atoms with Crippen LogP contribution in [0.1, 0.15) is 0 Å². The quantitative estimate of drug-likeness (QED) is 0.143. The van der Waals surface area contributed by atoms with Crippen molar-refractivity contribution in [2.24, 2.45) is 0 Å². The van der Waals surface area contributed by atoms with Crippen molar-refractivity contribution in [2.45, 2.75) is 0 Å². The van der Waals surface area contributed by atoms with Crippen LogP contribution in [0.4, 0.5) is 0 Å². The van der Waals surface area contributed by atoms with Crippen LogP contribution in [0.5, 0.6) is 0 Å². The summed E-state index contributed by atoms with van der Waals surface area (Å²) in [4.78, 5) is 30.1. The van der Waals surface area contributed by atoms with E-state index in [4.69, 9.17) is 29.9 Å². The van der Waals surface area contributed by atoms with Gasteiger partial charge >= 0.3 is 0 Å². The molecule has 0 aliphatic carbocycles. The predicted octanol–water partition coefficient (Wildman–Crippen LogP) is 15.9. The molecule has 0 aliphatic rings. The van der Waals surface area contributed by atoms with Gasteiger partial charge in [0.05, 0.1) is 22.1 Å². The minimum Gasteiger partial charge on any atom is -0.309 e. The molecule has 14 rings (SSSR count). The molecule has 0 unspecified atom stereocenters. The molecule has 8 nitrogen and oxygen atoms in total. The predicted molar refractivity (Wildman–Crippen MR) is 300 cm³/mol. The Hall–Kier alpha value is -10.2. The van der Waals surface area contributed by atoms with Crippen molar-refractivity contribution in [1.82, 2.24) is 39.0 Å². The summed E-state index contributed by atoms with van der Waals surface area (Å²) < 4.78 is 4.71. The molecule has 4 aromatic heterocycles. The van der Waals surface area contributed by atoms with Crippen LogP contribution in [0.2, 0.25) is 0 Å². The maximum atomic E-state index is 5.07. The Morgan fingerprint density at radius 3 is 0.973 bits per heavy atom. The third-order valence-electron chi connectivity index (χ3n) is 13.8. The minimum atomic E-state index is 0.611. The average molecular weight is 947 g/mol. The van der Waals surface area contributed by atoms with Crippen molar-refractivity contribution < 1.29 is 0 Å². The van der Waals surface area contributed by atoms with Gasteiger partial charge in [-0.3, -0.25) is 0 Å². The molecular formula is C66H42N8. The summed E-state index contributed by atoms with van der Waals surface area (Å²) in [5.74, 6) is 3.74. The van der Waals surface area contributed by atoms with E-state index in [0.717, 1.165) is 83.3 Å². The largest absolute Gasteiger partial charge is 0.309 e. The Morgan fingerprint density at radius 2 is 0.514 bits per heavy atom. The number of nitrogens with zero attached hydrogens (tertiary/aromatic N) is 8. The van der Waals surface area contributed by atoms with Crippen molar-refractivity contribution in [2.75, 3.05) is 0 Å². The molecule has 0 saturated heterocycles. The van der Waals surface area contributed by atoms with Gasteiger partial charge in [0.1, 0.15) is 0 Å². The van der Waals surface area contributed by atoms with E-state index in [9.17, 15) is 0 Å². The molecule has 0 fully saturated rings. The van der Waals surface area contributed by atoms with E-state index in [1.165, 1.54) is 16.2 Å². The standard InChI is InChI=1S/C66H42N8/c1-5-19-43(20-6-1)61-67-62(44-21-7-2-8-22-44)70-65(69-61)49-27-17-29-51(39-49)73-58-34-16-14-32-54(58)56-41-47(36-38-59(56)73)48-35-37-55-53-31-13-15-33-57(53)74(60(55)42-48)52-30-18-28-50(40-52)66-71-63(45-23-9-3-10-24-45)68-64(72-66)46-25-11-4-12-26-46/h1-42H. The normalized spacial score (nSPS) is 11.5. The van der Waals surface area contributed by atoms with E-state index in [-0.39, 0.29) is 0 Å². The second-order valence-corrected chi connectivity index (χ2v) is 18.3. The number of fused-ring (bicyclic) bond motifs is 6. The van der Waals surface area contributed by atoms with Crippen LogP contribution >= 0.6 is 0 Å². The van der Waals surface area contributed by atoms with E-state index < -0.39 is 0 Å². The Bertz CT molecular complexity index is 4300. The third kappa shape index (κ3) is 7.57. The highest BCUT2D eigenvalue weighted by Gasteiger charge is 2.19. The molecule has 0 saturated carbocycles. The average Bonchev–Trinajstić information content (AvgIpc) is 4.00. The van der Waals surface area contributed by atoms with Crippen LogP contribution in [0.3, 0.4) is 0 Å². The lowest BCUT2D eigenvalue weighted by molar-refractivity contribution is 1.07. The first-order valence-corrected chi connectivity index (χ1v) is 24.7. The highest BCUT2D eigenvalue weighted by Crippen LogP contribution is 2.39. The number of hydrogen-bond acceptors (Lipinski definition) is 6. The molecule has 0 amide bonds. The molecule has 0 bridgehead atoms. The summed E-state index contributed by atoms with van der Waals surface area (Å²) in [6.07, 6.45) is 0. The molecule has 0 radical (unpaired) electrons. The molecular weight excluding hydrogens is 905 g/mol. The molecule has 74 heavy (non-hydrogen) atoms. The molecule has 4 heterocycles. The topological polar surface area (TPSA) is 87.2 Å². The first-order valence-electron chi connectivity index (χ1n) is 24.7. The van der Waals surface area contributed by atoms with Crippen LogP contribution in [-0.2, 0) is 0 Å². The molecule has 0 atom stereocenters. The van der Waals surface area contributed by atoms with E-state index in [2.05, 4.69) is 143 Å². The molecule has 0 spiro atoms. The molecule has 8 heteroatoms. The van der Waals surface area contributed by atoms with Crippen LogP contribution in [-0.4, -0.2) is 39.0 Å². The second kappa shape index (κ2) is 17.9. The summed E-state index contributed by atoms with van der Waals surface area (Å²) >= 11 is 0. The first kappa shape index (κ1) is 42.7. The van der Waals surface area contributed by atoms with Gasteiger partial charge in [0, 0.05) is 66.3 Å². The van der Waals surface area contributed by atoms with E-state index in [1.807, 2.05) is 121 Å². The molecule has 0 aliphatic heterocycles. The highest BCUT2D eigenvalue weighted by atomic mass is 15.1. The zero-order chi connectivity index (χ0) is 49.0. The second-order valence-electron chi connectivity index (χ2n) is 18.3. The molecule has 14 aromatic rings. The summed E-state index contributed by atoms with van der Waals surface area (Å²) in [6, 6.07) is 88.5. The fourth-order valence-corrected chi connectivity index (χ4v) is 10.3. The monoisotopic (exact) mass is 946 g/mol. The van der Waals surface area contributed by atoms with Crippen LogP contribution in [0.15, 0.2) is 255 Å². The highest BCUT2D eigenvalue weighted by molar-refractivity contribution is 6.12. The van der Waals surface area contributed by atoms with Crippen LogP contribution in [0.25, 0.3) is 134 Å². The minimum absolute atomic E-state index is 0.611. The Morgan fingerprint density at radius 1 is 0.189 bits per heavy atom.